The summed E-state index contributed by atoms with van der Waals surface area (Å²) in [6, 6.07) is 13.1. The Morgan fingerprint density at radius 3 is 2.25 bits per heavy atom. The van der Waals surface area contributed by atoms with Gasteiger partial charge in [0.05, 0.1) is 26.5 Å². The van der Waals surface area contributed by atoms with Gasteiger partial charge in [-0.3, -0.25) is 0 Å². The third-order valence-corrected chi connectivity index (χ3v) is 3.70. The Morgan fingerprint density at radius 1 is 0.857 bits per heavy atom. The molecule has 0 aliphatic rings. The molecule has 3 rings (SSSR count). The number of hydrogen-bond acceptors (Lipinski definition) is 8. The molecule has 0 aliphatic heterocycles. The predicted octanol–water partition coefficient (Wildman–Crippen LogP) is 4.16. The fraction of sp³-hybridized carbons (Fsp3) is 0.250. The van der Waals surface area contributed by atoms with Crippen LogP contribution in [0.15, 0.2) is 48.7 Å². The number of hydrogen-bond donors (Lipinski definition) is 2. The van der Waals surface area contributed by atoms with Crippen LogP contribution in [0.5, 0.6) is 17.2 Å². The monoisotopic (exact) mass is 381 g/mol. The van der Waals surface area contributed by atoms with Gasteiger partial charge in [0.15, 0.2) is 17.3 Å². The molecule has 0 radical (unpaired) electrons. The topological polar surface area (TPSA) is 90.4 Å². The molecule has 0 fully saturated rings. The fourth-order valence-corrected chi connectivity index (χ4v) is 2.50. The largest absolute Gasteiger partial charge is 0.493 e. The first kappa shape index (κ1) is 19.2. The van der Waals surface area contributed by atoms with Crippen molar-refractivity contribution in [3.05, 3.63) is 48.7 Å². The minimum Gasteiger partial charge on any atom is -0.493 e. The van der Waals surface area contributed by atoms with Crippen LogP contribution in [0.4, 0.5) is 23.1 Å². The molecule has 1 aromatic heterocycles. The van der Waals surface area contributed by atoms with Gasteiger partial charge in [-0.1, -0.05) is 0 Å². The summed E-state index contributed by atoms with van der Waals surface area (Å²) in [7, 11) is 3.18. The van der Waals surface area contributed by atoms with E-state index in [9.17, 15) is 0 Å². The van der Waals surface area contributed by atoms with E-state index < -0.39 is 0 Å². The van der Waals surface area contributed by atoms with E-state index in [0.29, 0.717) is 23.3 Å². The molecule has 0 unspecified atom stereocenters. The van der Waals surface area contributed by atoms with Gasteiger partial charge in [-0.2, -0.15) is 10.1 Å². The summed E-state index contributed by atoms with van der Waals surface area (Å²) >= 11 is 0. The number of nitrogens with one attached hydrogen (secondary N) is 2. The molecule has 0 saturated carbocycles. The number of ether oxygens (including phenoxy) is 3. The van der Waals surface area contributed by atoms with Crippen molar-refractivity contribution in [2.24, 2.45) is 0 Å². The Labute approximate surface area is 163 Å². The maximum atomic E-state index is 5.65. The second-order valence-electron chi connectivity index (χ2n) is 6.18. The predicted molar refractivity (Wildman–Crippen MR) is 108 cm³/mol. The molecule has 146 valence electrons. The average molecular weight is 381 g/mol. The first-order valence-corrected chi connectivity index (χ1v) is 8.80. The fourth-order valence-electron chi connectivity index (χ4n) is 2.50. The maximum absolute atomic E-state index is 5.65. The molecule has 0 atom stereocenters. The molecule has 0 aliphatic carbocycles. The Morgan fingerprint density at radius 2 is 1.57 bits per heavy atom. The highest BCUT2D eigenvalue weighted by Gasteiger charge is 2.07. The van der Waals surface area contributed by atoms with Gasteiger partial charge in [-0.25, -0.2) is 0 Å². The molecule has 2 aromatic carbocycles. The van der Waals surface area contributed by atoms with E-state index >= 15 is 0 Å². The second kappa shape index (κ2) is 8.90. The zero-order chi connectivity index (χ0) is 19.9. The quantitative estimate of drug-likeness (QED) is 0.601. The van der Waals surface area contributed by atoms with Crippen molar-refractivity contribution in [1.29, 1.82) is 0 Å². The van der Waals surface area contributed by atoms with Gasteiger partial charge in [0.1, 0.15) is 5.75 Å². The lowest BCUT2D eigenvalue weighted by atomic mass is 10.3. The standard InChI is InChI=1S/C20H23N5O3/c1-13(2)28-16-8-5-14(6-9-16)22-19-12-21-25-20(24-19)23-15-7-10-17(26-3)18(11-15)27-4/h5-13H,1-4H3,(H2,22,23,24,25). The van der Waals surface area contributed by atoms with Crippen molar-refractivity contribution < 1.29 is 14.2 Å². The normalized spacial score (nSPS) is 10.5. The lowest BCUT2D eigenvalue weighted by Gasteiger charge is -2.12. The number of anilines is 4. The van der Waals surface area contributed by atoms with E-state index in [1.807, 2.05) is 44.2 Å². The van der Waals surface area contributed by atoms with Crippen LogP contribution in [0.2, 0.25) is 0 Å². The molecule has 0 bridgehead atoms. The highest BCUT2D eigenvalue weighted by Crippen LogP contribution is 2.30. The third-order valence-electron chi connectivity index (χ3n) is 3.70. The Balaban J connectivity index is 1.70. The second-order valence-corrected chi connectivity index (χ2v) is 6.18. The van der Waals surface area contributed by atoms with Gasteiger partial charge in [-0.05, 0) is 50.2 Å². The van der Waals surface area contributed by atoms with Gasteiger partial charge >= 0.3 is 0 Å². The van der Waals surface area contributed by atoms with E-state index in [1.54, 1.807) is 32.5 Å². The van der Waals surface area contributed by atoms with Crippen LogP contribution in [0.1, 0.15) is 13.8 Å². The molecule has 0 spiro atoms. The third kappa shape index (κ3) is 5.00. The smallest absolute Gasteiger partial charge is 0.249 e. The number of rotatable bonds is 8. The van der Waals surface area contributed by atoms with Crippen LogP contribution in [-0.2, 0) is 0 Å². The lowest BCUT2D eigenvalue weighted by molar-refractivity contribution is 0.242. The minimum atomic E-state index is 0.134. The molecule has 8 nitrogen and oxygen atoms in total. The van der Waals surface area contributed by atoms with Crippen LogP contribution in [0.25, 0.3) is 0 Å². The highest BCUT2D eigenvalue weighted by atomic mass is 16.5. The molecule has 2 N–H and O–H groups in total. The van der Waals surface area contributed by atoms with Crippen molar-refractivity contribution in [3.8, 4) is 17.2 Å². The van der Waals surface area contributed by atoms with E-state index in [-0.39, 0.29) is 6.10 Å². The lowest BCUT2D eigenvalue weighted by Crippen LogP contribution is -2.05. The van der Waals surface area contributed by atoms with E-state index in [2.05, 4.69) is 25.8 Å². The van der Waals surface area contributed by atoms with Crippen molar-refractivity contribution in [2.45, 2.75) is 20.0 Å². The summed E-state index contributed by atoms with van der Waals surface area (Å²) < 4.78 is 16.2. The van der Waals surface area contributed by atoms with Gasteiger partial charge in [0, 0.05) is 17.4 Å². The summed E-state index contributed by atoms with van der Waals surface area (Å²) in [4.78, 5) is 4.43. The zero-order valence-electron chi connectivity index (χ0n) is 16.3. The van der Waals surface area contributed by atoms with Crippen LogP contribution in [0, 0.1) is 0 Å². The zero-order valence-corrected chi connectivity index (χ0v) is 16.3. The molecular weight excluding hydrogens is 358 g/mol. The molecule has 0 saturated heterocycles. The summed E-state index contributed by atoms with van der Waals surface area (Å²) in [5.41, 5.74) is 1.63. The summed E-state index contributed by atoms with van der Waals surface area (Å²) in [5.74, 6) is 3.00. The Bertz CT molecular complexity index is 916. The molecule has 8 heteroatoms. The molecule has 1 heterocycles. The molecular formula is C20H23N5O3. The number of benzene rings is 2. The van der Waals surface area contributed by atoms with Crippen LogP contribution in [0.3, 0.4) is 0 Å². The van der Waals surface area contributed by atoms with E-state index in [4.69, 9.17) is 14.2 Å². The SMILES string of the molecule is COc1ccc(Nc2nncc(Nc3ccc(OC(C)C)cc3)n2)cc1OC. The van der Waals surface area contributed by atoms with Crippen molar-refractivity contribution in [1.82, 2.24) is 15.2 Å². The van der Waals surface area contributed by atoms with Gasteiger partial charge in [-0.15, -0.1) is 5.10 Å². The van der Waals surface area contributed by atoms with Crippen LogP contribution >= 0.6 is 0 Å². The van der Waals surface area contributed by atoms with Gasteiger partial charge in [0.25, 0.3) is 0 Å². The molecule has 0 amide bonds. The van der Waals surface area contributed by atoms with E-state index in [0.717, 1.165) is 17.1 Å². The molecule has 28 heavy (non-hydrogen) atoms. The summed E-state index contributed by atoms with van der Waals surface area (Å²) in [6.07, 6.45) is 1.69. The number of methoxy groups -OCH3 is 2. The summed E-state index contributed by atoms with van der Waals surface area (Å²) in [6.45, 7) is 3.98. The molecule has 3 aromatic rings. The van der Waals surface area contributed by atoms with Crippen LogP contribution in [-0.4, -0.2) is 35.5 Å². The van der Waals surface area contributed by atoms with Crippen LogP contribution < -0.4 is 24.8 Å². The first-order chi connectivity index (χ1) is 13.6. The Kier molecular flexibility index (Phi) is 6.11. The minimum absolute atomic E-state index is 0.134. The summed E-state index contributed by atoms with van der Waals surface area (Å²) in [5, 5.41) is 14.3. The van der Waals surface area contributed by atoms with Crippen molar-refractivity contribution >= 4 is 23.1 Å². The highest BCUT2D eigenvalue weighted by molar-refractivity contribution is 5.61. The van der Waals surface area contributed by atoms with E-state index in [1.165, 1.54) is 0 Å². The number of nitrogens with zero attached hydrogens (tertiary/aromatic N) is 3. The van der Waals surface area contributed by atoms with Gasteiger partial charge < -0.3 is 24.8 Å². The van der Waals surface area contributed by atoms with Gasteiger partial charge in [0.2, 0.25) is 5.95 Å². The Hall–Kier alpha value is -3.55. The van der Waals surface area contributed by atoms with Crippen molar-refractivity contribution in [2.75, 3.05) is 24.9 Å². The number of aromatic nitrogens is 3. The first-order valence-electron chi connectivity index (χ1n) is 8.80. The maximum Gasteiger partial charge on any atom is 0.249 e. The average Bonchev–Trinajstić information content (AvgIpc) is 2.69. The van der Waals surface area contributed by atoms with Crippen molar-refractivity contribution in [3.63, 3.8) is 0 Å².